The van der Waals surface area contributed by atoms with E-state index in [9.17, 15) is 19.2 Å². The Labute approximate surface area is 153 Å². The molecule has 2 aromatic heterocycles. The minimum absolute atomic E-state index is 0.162. The molecule has 0 radical (unpaired) electrons. The van der Waals surface area contributed by atoms with Crippen molar-refractivity contribution in [1.29, 1.82) is 0 Å². The van der Waals surface area contributed by atoms with Crippen LogP contribution < -0.4 is 22.2 Å². The lowest BCUT2D eigenvalue weighted by Crippen LogP contribution is -2.12. The normalized spacial score (nSPS) is 10.3. The SMILES string of the molecule is CCOC(=O)C/C(=C/Nc1cccc(=O)[nH]1)C(=O)O.Nc1cccc(=O)[nH]1. The fourth-order valence-corrected chi connectivity index (χ4v) is 1.72. The molecule has 0 unspecified atom stereocenters. The van der Waals surface area contributed by atoms with E-state index in [0.717, 1.165) is 6.20 Å². The molecule has 0 saturated heterocycles. The summed E-state index contributed by atoms with van der Waals surface area (Å²) < 4.78 is 4.66. The molecule has 0 aliphatic heterocycles. The molecule has 0 spiro atoms. The monoisotopic (exact) mass is 376 g/mol. The van der Waals surface area contributed by atoms with E-state index in [4.69, 9.17) is 10.8 Å². The summed E-state index contributed by atoms with van der Waals surface area (Å²) in [6, 6.07) is 9.04. The van der Waals surface area contributed by atoms with Gasteiger partial charge in [-0.25, -0.2) is 4.79 Å². The van der Waals surface area contributed by atoms with Gasteiger partial charge in [0.15, 0.2) is 0 Å². The topological polar surface area (TPSA) is 167 Å². The van der Waals surface area contributed by atoms with Gasteiger partial charge < -0.3 is 30.9 Å². The lowest BCUT2D eigenvalue weighted by atomic mass is 10.2. The van der Waals surface area contributed by atoms with Crippen molar-refractivity contribution in [2.75, 3.05) is 17.7 Å². The first kappa shape index (κ1) is 21.2. The van der Waals surface area contributed by atoms with Gasteiger partial charge in [-0.15, -0.1) is 0 Å². The summed E-state index contributed by atoms with van der Waals surface area (Å²) in [5.41, 5.74) is 4.56. The summed E-state index contributed by atoms with van der Waals surface area (Å²) in [5, 5.41) is 11.5. The van der Waals surface area contributed by atoms with Gasteiger partial charge in [0.2, 0.25) is 11.1 Å². The van der Waals surface area contributed by atoms with Crippen LogP contribution in [0.2, 0.25) is 0 Å². The predicted octanol–water partition coefficient (Wildman–Crippen LogP) is 0.666. The lowest BCUT2D eigenvalue weighted by molar-refractivity contribution is -0.144. The number of nitrogen functional groups attached to an aromatic ring is 1. The summed E-state index contributed by atoms with van der Waals surface area (Å²) in [5.74, 6) is -1.13. The molecule has 2 aromatic rings. The summed E-state index contributed by atoms with van der Waals surface area (Å²) >= 11 is 0. The molecule has 0 fully saturated rings. The van der Waals surface area contributed by atoms with E-state index in [0.29, 0.717) is 11.6 Å². The first-order chi connectivity index (χ1) is 12.8. The Morgan fingerprint density at radius 1 is 1.15 bits per heavy atom. The van der Waals surface area contributed by atoms with Crippen molar-refractivity contribution >= 4 is 23.6 Å². The van der Waals surface area contributed by atoms with Crippen LogP contribution >= 0.6 is 0 Å². The maximum atomic E-state index is 11.2. The highest BCUT2D eigenvalue weighted by atomic mass is 16.5. The van der Waals surface area contributed by atoms with Crippen molar-refractivity contribution in [3.8, 4) is 0 Å². The van der Waals surface area contributed by atoms with Crippen LogP contribution in [0.1, 0.15) is 13.3 Å². The van der Waals surface area contributed by atoms with Crippen molar-refractivity contribution in [3.05, 3.63) is 68.9 Å². The molecule has 0 bridgehead atoms. The average Bonchev–Trinajstić information content (AvgIpc) is 2.59. The van der Waals surface area contributed by atoms with Gasteiger partial charge in [-0.05, 0) is 19.1 Å². The largest absolute Gasteiger partial charge is 0.478 e. The molecule has 10 heteroatoms. The highest BCUT2D eigenvalue weighted by molar-refractivity contribution is 5.92. The Morgan fingerprint density at radius 3 is 2.26 bits per heavy atom. The number of pyridine rings is 2. The summed E-state index contributed by atoms with van der Waals surface area (Å²) in [6.45, 7) is 1.82. The maximum Gasteiger partial charge on any atom is 0.333 e. The molecule has 6 N–H and O–H groups in total. The number of carbonyl (C=O) groups excluding carboxylic acids is 1. The van der Waals surface area contributed by atoms with Crippen LogP contribution in [0, 0.1) is 0 Å². The molecular weight excluding hydrogens is 356 g/mol. The lowest BCUT2D eigenvalue weighted by Gasteiger charge is -2.04. The van der Waals surface area contributed by atoms with Crippen LogP contribution in [0.25, 0.3) is 0 Å². The smallest absolute Gasteiger partial charge is 0.333 e. The van der Waals surface area contributed by atoms with Crippen molar-refractivity contribution < 1.29 is 19.4 Å². The fraction of sp³-hybridized carbons (Fsp3) is 0.176. The van der Waals surface area contributed by atoms with Gasteiger partial charge in [-0.2, -0.15) is 0 Å². The second kappa shape index (κ2) is 10.9. The van der Waals surface area contributed by atoms with Gasteiger partial charge in [-0.1, -0.05) is 12.1 Å². The van der Waals surface area contributed by atoms with Gasteiger partial charge in [0.1, 0.15) is 11.6 Å². The first-order valence-corrected chi connectivity index (χ1v) is 7.80. The standard InChI is InChI=1S/C12H14N2O5.C5H6N2O/c1-2-19-11(16)6-8(12(17)18)7-13-9-4-3-5-10(15)14-9;6-4-2-1-3-5(8)7-4/h3-5,7H,2,6H2,1H3,(H,17,18)(H2,13,14,15);1-3H,(H3,6,7,8)/b8-7-;. The van der Waals surface area contributed by atoms with Crippen LogP contribution in [-0.2, 0) is 14.3 Å². The van der Waals surface area contributed by atoms with E-state index in [-0.39, 0.29) is 29.7 Å². The molecule has 2 rings (SSSR count). The fourth-order valence-electron chi connectivity index (χ4n) is 1.72. The number of ether oxygens (including phenoxy) is 1. The molecule has 0 aliphatic carbocycles. The highest BCUT2D eigenvalue weighted by Crippen LogP contribution is 2.05. The molecule has 0 aliphatic rings. The molecule has 27 heavy (non-hydrogen) atoms. The molecule has 0 amide bonds. The first-order valence-electron chi connectivity index (χ1n) is 7.80. The molecule has 0 saturated carbocycles. The van der Waals surface area contributed by atoms with E-state index in [1.807, 2.05) is 0 Å². The van der Waals surface area contributed by atoms with Crippen LogP contribution in [0.3, 0.4) is 0 Å². The highest BCUT2D eigenvalue weighted by Gasteiger charge is 2.13. The Hall–Kier alpha value is -3.82. The number of hydrogen-bond acceptors (Lipinski definition) is 7. The summed E-state index contributed by atoms with van der Waals surface area (Å²) in [7, 11) is 0. The Kier molecular flexibility index (Phi) is 8.59. The van der Waals surface area contributed by atoms with E-state index < -0.39 is 11.9 Å². The van der Waals surface area contributed by atoms with Crippen LogP contribution in [0.5, 0.6) is 0 Å². The van der Waals surface area contributed by atoms with Gasteiger partial charge in [0.25, 0.3) is 0 Å². The van der Waals surface area contributed by atoms with Crippen molar-refractivity contribution in [2.24, 2.45) is 0 Å². The van der Waals surface area contributed by atoms with Gasteiger partial charge in [0, 0.05) is 18.3 Å². The second-order valence-electron chi connectivity index (χ2n) is 5.00. The number of nitrogens with one attached hydrogen (secondary N) is 3. The molecule has 0 atom stereocenters. The zero-order chi connectivity index (χ0) is 20.2. The summed E-state index contributed by atoms with van der Waals surface area (Å²) in [6.07, 6.45) is 0.789. The third-order valence-electron chi connectivity index (χ3n) is 2.88. The number of aliphatic carboxylic acids is 1. The zero-order valence-corrected chi connectivity index (χ0v) is 14.5. The Balaban J connectivity index is 0.000000377. The molecule has 0 aromatic carbocycles. The zero-order valence-electron chi connectivity index (χ0n) is 14.5. The quantitative estimate of drug-likeness (QED) is 0.362. The predicted molar refractivity (Wildman–Crippen MR) is 99.1 cm³/mol. The van der Waals surface area contributed by atoms with Crippen LogP contribution in [0.4, 0.5) is 11.6 Å². The number of nitrogens with two attached hydrogens (primary N) is 1. The molecule has 10 nitrogen and oxygen atoms in total. The number of hydrogen-bond donors (Lipinski definition) is 5. The third-order valence-corrected chi connectivity index (χ3v) is 2.88. The van der Waals surface area contributed by atoms with E-state index in [1.165, 1.54) is 18.2 Å². The number of aromatic amines is 2. The van der Waals surface area contributed by atoms with E-state index in [1.54, 1.807) is 25.1 Å². The van der Waals surface area contributed by atoms with Gasteiger partial charge in [0.05, 0.1) is 18.6 Å². The van der Waals surface area contributed by atoms with Crippen LogP contribution in [-0.4, -0.2) is 33.6 Å². The number of aromatic nitrogens is 2. The van der Waals surface area contributed by atoms with Gasteiger partial charge in [-0.3, -0.25) is 14.4 Å². The van der Waals surface area contributed by atoms with E-state index >= 15 is 0 Å². The number of rotatable bonds is 6. The van der Waals surface area contributed by atoms with Crippen molar-refractivity contribution in [3.63, 3.8) is 0 Å². The Morgan fingerprint density at radius 2 is 1.78 bits per heavy atom. The average molecular weight is 376 g/mol. The minimum Gasteiger partial charge on any atom is -0.478 e. The molecule has 2 heterocycles. The van der Waals surface area contributed by atoms with E-state index in [2.05, 4.69) is 20.0 Å². The number of carboxylic acids is 1. The van der Waals surface area contributed by atoms with Crippen molar-refractivity contribution in [1.82, 2.24) is 9.97 Å². The van der Waals surface area contributed by atoms with Gasteiger partial charge >= 0.3 is 11.9 Å². The third kappa shape index (κ3) is 8.72. The maximum absolute atomic E-state index is 11.2. The number of anilines is 2. The number of carbonyl (C=O) groups is 2. The number of H-pyrrole nitrogens is 2. The summed E-state index contributed by atoms with van der Waals surface area (Å²) in [4.78, 5) is 48.4. The second-order valence-corrected chi connectivity index (χ2v) is 5.00. The van der Waals surface area contributed by atoms with Crippen LogP contribution in [0.15, 0.2) is 57.8 Å². The number of carboxylic acid groups (broad SMARTS) is 1. The van der Waals surface area contributed by atoms with Crippen molar-refractivity contribution in [2.45, 2.75) is 13.3 Å². The number of esters is 1. The molecule has 144 valence electrons. The Bertz CT molecular complexity index is 916. The minimum atomic E-state index is -1.24. The molecular formula is C17H20N4O6.